The molecular formula is C25H21N5O4S2. The lowest BCUT2D eigenvalue weighted by molar-refractivity contribution is -0.384. The Bertz CT molecular complexity index is 1460. The molecule has 0 bridgehead atoms. The SMILES string of the molecule is O=C(NC(=S)Nc1nc(-c2cccc3ccccc23)cs1)c1cc([N+](=O)[O-])ccc1N1CCOCC1. The molecule has 9 nitrogen and oxygen atoms in total. The Morgan fingerprint density at radius 3 is 2.69 bits per heavy atom. The van der Waals surface area contributed by atoms with E-state index in [0.29, 0.717) is 37.1 Å². The number of nitro groups is 1. The number of ether oxygens (including phenoxy) is 1. The van der Waals surface area contributed by atoms with Crippen molar-refractivity contribution >= 4 is 61.9 Å². The quantitative estimate of drug-likeness (QED) is 0.219. The lowest BCUT2D eigenvalue weighted by Crippen LogP contribution is -2.39. The number of carbonyl (C=O) groups is 1. The van der Waals surface area contributed by atoms with Crippen LogP contribution < -0.4 is 15.5 Å². The highest BCUT2D eigenvalue weighted by Gasteiger charge is 2.23. The lowest BCUT2D eigenvalue weighted by Gasteiger charge is -2.30. The summed E-state index contributed by atoms with van der Waals surface area (Å²) in [4.78, 5) is 30.5. The van der Waals surface area contributed by atoms with Crippen LogP contribution in [0.15, 0.2) is 66.0 Å². The predicted molar refractivity (Wildman–Crippen MR) is 145 cm³/mol. The van der Waals surface area contributed by atoms with Crippen molar-refractivity contribution in [1.82, 2.24) is 10.3 Å². The first-order valence-electron chi connectivity index (χ1n) is 11.2. The molecule has 5 rings (SSSR count). The molecule has 0 radical (unpaired) electrons. The van der Waals surface area contributed by atoms with Crippen molar-refractivity contribution in [3.63, 3.8) is 0 Å². The second kappa shape index (κ2) is 10.4. The maximum absolute atomic E-state index is 13.1. The zero-order valence-corrected chi connectivity index (χ0v) is 20.6. The minimum Gasteiger partial charge on any atom is -0.378 e. The van der Waals surface area contributed by atoms with E-state index in [1.807, 2.05) is 52.7 Å². The molecule has 1 aliphatic rings. The summed E-state index contributed by atoms with van der Waals surface area (Å²) >= 11 is 6.72. The first-order chi connectivity index (χ1) is 17.5. The highest BCUT2D eigenvalue weighted by Crippen LogP contribution is 2.31. The molecule has 0 aliphatic carbocycles. The van der Waals surface area contributed by atoms with Crippen molar-refractivity contribution in [1.29, 1.82) is 0 Å². The number of nitro benzene ring substituents is 1. The number of carbonyl (C=O) groups excluding carboxylic acids is 1. The van der Waals surface area contributed by atoms with Gasteiger partial charge in [-0.1, -0.05) is 42.5 Å². The summed E-state index contributed by atoms with van der Waals surface area (Å²) in [5, 5.41) is 21.6. The monoisotopic (exact) mass is 519 g/mol. The molecule has 4 aromatic rings. The van der Waals surface area contributed by atoms with Crippen LogP contribution in [0.25, 0.3) is 22.0 Å². The Morgan fingerprint density at radius 2 is 1.89 bits per heavy atom. The molecule has 1 aliphatic heterocycles. The van der Waals surface area contributed by atoms with Crippen LogP contribution in [-0.4, -0.2) is 47.2 Å². The van der Waals surface area contributed by atoms with Gasteiger partial charge in [-0.25, -0.2) is 4.98 Å². The molecule has 36 heavy (non-hydrogen) atoms. The minimum atomic E-state index is -0.538. The third-order valence-corrected chi connectivity index (χ3v) is 6.77. The van der Waals surface area contributed by atoms with Crippen LogP contribution in [0.5, 0.6) is 0 Å². The van der Waals surface area contributed by atoms with Gasteiger partial charge >= 0.3 is 0 Å². The smallest absolute Gasteiger partial charge is 0.270 e. The summed E-state index contributed by atoms with van der Waals surface area (Å²) in [5.41, 5.74) is 2.39. The molecule has 182 valence electrons. The standard InChI is InChI=1S/C25H21N5O4S2/c31-23(20-14-17(30(32)33)8-9-22(20)29-10-12-34-13-11-29)27-24(35)28-25-26-21(15-36-25)19-7-3-5-16-4-1-2-6-18(16)19/h1-9,14-15H,10-13H2,(H2,26,27,28,31,35). The van der Waals surface area contributed by atoms with Gasteiger partial charge in [0.2, 0.25) is 0 Å². The molecule has 0 unspecified atom stereocenters. The second-order valence-electron chi connectivity index (χ2n) is 8.03. The van der Waals surface area contributed by atoms with Crippen LogP contribution in [0.1, 0.15) is 10.4 Å². The molecule has 1 aromatic heterocycles. The highest BCUT2D eigenvalue weighted by molar-refractivity contribution is 7.80. The van der Waals surface area contributed by atoms with Gasteiger partial charge in [0.1, 0.15) is 0 Å². The number of morpholine rings is 1. The number of nitrogens with one attached hydrogen (secondary N) is 2. The van der Waals surface area contributed by atoms with Gasteiger partial charge < -0.3 is 15.0 Å². The molecular weight excluding hydrogens is 498 g/mol. The number of benzene rings is 3. The third-order valence-electron chi connectivity index (χ3n) is 5.80. The first kappa shape index (κ1) is 23.8. The molecule has 0 spiro atoms. The number of aromatic nitrogens is 1. The Labute approximate surface area is 215 Å². The summed E-state index contributed by atoms with van der Waals surface area (Å²) in [5.74, 6) is -0.538. The van der Waals surface area contributed by atoms with Gasteiger partial charge in [-0.3, -0.25) is 20.2 Å². The van der Waals surface area contributed by atoms with E-state index >= 15 is 0 Å². The number of nitrogens with zero attached hydrogens (tertiary/aromatic N) is 3. The average Bonchev–Trinajstić information content (AvgIpc) is 3.36. The van der Waals surface area contributed by atoms with Gasteiger partial charge in [-0.2, -0.15) is 0 Å². The number of thiazole rings is 1. The maximum atomic E-state index is 13.1. The van der Waals surface area contributed by atoms with Crippen LogP contribution in [-0.2, 0) is 4.74 Å². The first-order valence-corrected chi connectivity index (χ1v) is 12.5. The van der Waals surface area contributed by atoms with E-state index in [1.54, 1.807) is 6.07 Å². The van der Waals surface area contributed by atoms with Crippen LogP contribution in [0.3, 0.4) is 0 Å². The van der Waals surface area contributed by atoms with E-state index in [2.05, 4.69) is 15.6 Å². The van der Waals surface area contributed by atoms with Crippen molar-refractivity contribution in [3.8, 4) is 11.3 Å². The summed E-state index contributed by atoms with van der Waals surface area (Å²) in [6.07, 6.45) is 0. The molecule has 1 amide bonds. The van der Waals surface area contributed by atoms with Gasteiger partial charge in [0, 0.05) is 36.2 Å². The zero-order valence-electron chi connectivity index (χ0n) is 19.0. The van der Waals surface area contributed by atoms with Crippen molar-refractivity contribution < 1.29 is 14.5 Å². The normalized spacial score (nSPS) is 13.4. The number of hydrogen-bond donors (Lipinski definition) is 2. The number of anilines is 2. The number of thiocarbonyl (C=S) groups is 1. The summed E-state index contributed by atoms with van der Waals surface area (Å²) in [7, 11) is 0. The van der Waals surface area contributed by atoms with E-state index in [0.717, 1.165) is 22.0 Å². The summed E-state index contributed by atoms with van der Waals surface area (Å²) in [6, 6.07) is 18.4. The van der Waals surface area contributed by atoms with Crippen LogP contribution in [0.4, 0.5) is 16.5 Å². The van der Waals surface area contributed by atoms with Gasteiger partial charge in [0.15, 0.2) is 10.2 Å². The molecule has 0 atom stereocenters. The largest absolute Gasteiger partial charge is 0.378 e. The molecule has 1 saturated heterocycles. The Kier molecular flexibility index (Phi) is 6.85. The molecule has 2 heterocycles. The maximum Gasteiger partial charge on any atom is 0.270 e. The number of non-ortho nitro benzene ring substituents is 1. The average molecular weight is 520 g/mol. The van der Waals surface area contributed by atoms with E-state index in [1.165, 1.54) is 23.5 Å². The van der Waals surface area contributed by atoms with Gasteiger partial charge in [0.05, 0.1) is 35.1 Å². The fourth-order valence-electron chi connectivity index (χ4n) is 4.10. The second-order valence-corrected chi connectivity index (χ2v) is 9.30. The van der Waals surface area contributed by atoms with Crippen molar-refractivity contribution in [2.24, 2.45) is 0 Å². The molecule has 2 N–H and O–H groups in total. The highest BCUT2D eigenvalue weighted by atomic mass is 32.1. The lowest BCUT2D eigenvalue weighted by atomic mass is 10.0. The Hall–Kier alpha value is -3.93. The van der Waals surface area contributed by atoms with Crippen LogP contribution in [0, 0.1) is 10.1 Å². The summed E-state index contributed by atoms with van der Waals surface area (Å²) in [6.45, 7) is 2.19. The topological polar surface area (TPSA) is 110 Å². The number of rotatable bonds is 5. The fraction of sp³-hybridized carbons (Fsp3) is 0.160. The molecule has 0 saturated carbocycles. The van der Waals surface area contributed by atoms with Crippen LogP contribution in [0.2, 0.25) is 0 Å². The van der Waals surface area contributed by atoms with Crippen molar-refractivity contribution in [2.45, 2.75) is 0 Å². The Balaban J connectivity index is 1.33. The van der Waals surface area contributed by atoms with Crippen molar-refractivity contribution in [3.05, 3.63) is 81.7 Å². The minimum absolute atomic E-state index is 0.0539. The number of hydrogen-bond acceptors (Lipinski definition) is 8. The fourth-order valence-corrected chi connectivity index (χ4v) is 5.07. The van der Waals surface area contributed by atoms with Gasteiger partial charge in [0.25, 0.3) is 11.6 Å². The Morgan fingerprint density at radius 1 is 1.11 bits per heavy atom. The predicted octanol–water partition coefficient (Wildman–Crippen LogP) is 4.83. The number of amides is 1. The van der Waals surface area contributed by atoms with Crippen molar-refractivity contribution in [2.75, 3.05) is 36.5 Å². The van der Waals surface area contributed by atoms with E-state index in [4.69, 9.17) is 17.0 Å². The van der Waals surface area contributed by atoms with Gasteiger partial charge in [-0.05, 0) is 29.1 Å². The number of fused-ring (bicyclic) bond motifs is 1. The van der Waals surface area contributed by atoms with Gasteiger partial charge in [-0.15, -0.1) is 11.3 Å². The van der Waals surface area contributed by atoms with E-state index in [9.17, 15) is 14.9 Å². The van der Waals surface area contributed by atoms with Crippen LogP contribution >= 0.6 is 23.6 Å². The summed E-state index contributed by atoms with van der Waals surface area (Å²) < 4.78 is 5.38. The molecule has 3 aromatic carbocycles. The molecule has 11 heteroatoms. The van der Waals surface area contributed by atoms with E-state index < -0.39 is 10.8 Å². The van der Waals surface area contributed by atoms with E-state index in [-0.39, 0.29) is 16.4 Å². The molecule has 1 fully saturated rings. The third kappa shape index (κ3) is 5.03. The zero-order chi connectivity index (χ0) is 25.1.